The van der Waals surface area contributed by atoms with E-state index in [1.54, 1.807) is 37.4 Å². The van der Waals surface area contributed by atoms with Gasteiger partial charge in [-0.1, -0.05) is 129 Å². The summed E-state index contributed by atoms with van der Waals surface area (Å²) in [5, 5.41) is 30.1. The van der Waals surface area contributed by atoms with Gasteiger partial charge in [-0.05, 0) is 99.8 Å². The maximum absolute atomic E-state index is 14.8. The van der Waals surface area contributed by atoms with Crippen LogP contribution in [0.2, 0.25) is 0 Å². The van der Waals surface area contributed by atoms with Gasteiger partial charge in [0.05, 0.1) is 12.6 Å². The highest BCUT2D eigenvalue weighted by molar-refractivity contribution is 5.98. The van der Waals surface area contributed by atoms with Gasteiger partial charge in [-0.15, -0.1) is 0 Å². The Labute approximate surface area is 481 Å². The summed E-state index contributed by atoms with van der Waals surface area (Å²) >= 11 is 0. The van der Waals surface area contributed by atoms with Crippen molar-refractivity contribution in [1.29, 1.82) is 0 Å². The van der Waals surface area contributed by atoms with Gasteiger partial charge in [0, 0.05) is 39.3 Å². The van der Waals surface area contributed by atoms with Crippen molar-refractivity contribution in [3.63, 3.8) is 0 Å². The largest absolute Gasteiger partial charge is 0.370 e. The molecule has 0 spiro atoms. The Bertz CT molecular complexity index is 2810. The lowest BCUT2D eigenvalue weighted by Gasteiger charge is -2.27. The lowest BCUT2D eigenvalue weighted by molar-refractivity contribution is -0.135. The number of amides is 8. The van der Waals surface area contributed by atoms with Gasteiger partial charge in [-0.2, -0.15) is 0 Å². The van der Waals surface area contributed by atoms with E-state index < -0.39 is 103 Å². The molecule has 1 heterocycles. The molecule has 4 aromatic rings. The van der Waals surface area contributed by atoms with E-state index in [1.165, 1.54) is 14.0 Å². The van der Waals surface area contributed by atoms with Crippen LogP contribution in [0.5, 0.6) is 0 Å². The van der Waals surface area contributed by atoms with Crippen molar-refractivity contribution in [2.75, 3.05) is 33.7 Å². The van der Waals surface area contributed by atoms with Crippen molar-refractivity contribution in [1.82, 2.24) is 53.2 Å². The predicted octanol–water partition coefficient (Wildman–Crippen LogP) is 2.35. The molecule has 442 valence electrons. The Morgan fingerprint density at radius 1 is 0.610 bits per heavy atom. The van der Waals surface area contributed by atoms with Crippen LogP contribution in [0.15, 0.2) is 102 Å². The molecule has 5 rings (SSSR count). The minimum atomic E-state index is -1.41. The zero-order valence-corrected chi connectivity index (χ0v) is 48.0. The zero-order chi connectivity index (χ0) is 59.4. The summed E-state index contributed by atoms with van der Waals surface area (Å²) < 4.78 is 0. The van der Waals surface area contributed by atoms with E-state index in [0.717, 1.165) is 29.2 Å². The van der Waals surface area contributed by atoms with E-state index in [0.29, 0.717) is 48.9 Å². The highest BCUT2D eigenvalue weighted by Gasteiger charge is 2.34. The second kappa shape index (κ2) is 34.2. The number of benzene rings is 4. The fraction of sp³-hybridized carbons (Fsp3) is 0.475. The van der Waals surface area contributed by atoms with Gasteiger partial charge in [0.1, 0.15) is 36.3 Å². The van der Waals surface area contributed by atoms with Gasteiger partial charge in [0.25, 0.3) is 0 Å². The van der Waals surface area contributed by atoms with Crippen LogP contribution in [0.1, 0.15) is 107 Å². The molecule has 0 aromatic heterocycles. The molecule has 1 fully saturated rings. The summed E-state index contributed by atoms with van der Waals surface area (Å²) in [5.41, 5.74) is 8.91. The normalized spacial score (nSPS) is 20.6. The lowest BCUT2D eigenvalue weighted by Crippen LogP contribution is -2.60. The van der Waals surface area contributed by atoms with Crippen LogP contribution in [-0.4, -0.2) is 135 Å². The van der Waals surface area contributed by atoms with E-state index in [-0.39, 0.29) is 63.2 Å². The highest BCUT2D eigenvalue weighted by Crippen LogP contribution is 2.18. The van der Waals surface area contributed by atoms with Crippen LogP contribution in [-0.2, 0) is 62.4 Å². The molecule has 21 heteroatoms. The van der Waals surface area contributed by atoms with Crippen molar-refractivity contribution >= 4 is 69.8 Å². The number of nitrogens with one attached hydrogen (secondary N) is 10. The van der Waals surface area contributed by atoms with Crippen LogP contribution in [0.25, 0.3) is 10.8 Å². The van der Waals surface area contributed by atoms with Gasteiger partial charge in [0.15, 0.2) is 11.7 Å². The Morgan fingerprint density at radius 3 is 1.80 bits per heavy atom. The molecule has 4 aromatic carbocycles. The summed E-state index contributed by atoms with van der Waals surface area (Å²) in [6, 6.07) is 20.9. The minimum Gasteiger partial charge on any atom is -0.370 e. The Balaban J connectivity index is 1.58. The Hall–Kier alpha value is -8.20. The number of aliphatic imine (C=N–C) groups is 1. The number of guanidine groups is 1. The zero-order valence-electron chi connectivity index (χ0n) is 48.0. The molecule has 0 unspecified atom stereocenters. The summed E-state index contributed by atoms with van der Waals surface area (Å²) in [6.07, 6.45) is 3.39. The molecule has 1 aliphatic rings. The summed E-state index contributed by atoms with van der Waals surface area (Å²) in [7, 11) is 3.32. The topological polar surface area (TPSA) is 312 Å². The number of nitrogens with two attached hydrogens (primary N) is 1. The summed E-state index contributed by atoms with van der Waals surface area (Å²) in [6.45, 7) is 5.53. The minimum absolute atomic E-state index is 0.00775. The number of Topliss-reactive ketones (excluding diaryl/α,β-unsaturated/α-hetero) is 1. The third kappa shape index (κ3) is 22.0. The average molecular weight is 1130 g/mol. The SMILES string of the molecule is CCCCC[C@@H]1NC(=O)[C@H](Cc2ccc(C)cc2)NC(=O)[C@H](Cc2ccccc2)NC(=O)CC[C@H](C(=O)N[C@@H](CCCCNC)C(C)=O)NC(=O)CNC(=O)[C@H](Cc2ccc3ccccc3c2)NC(=O)[C@@H](CCCNC(N)=NC)NC1=O. The van der Waals surface area contributed by atoms with E-state index in [9.17, 15) is 43.2 Å². The molecule has 0 aliphatic carbocycles. The molecule has 82 heavy (non-hydrogen) atoms. The molecular weight excluding hydrogens is 1040 g/mol. The third-order valence-corrected chi connectivity index (χ3v) is 14.3. The molecule has 1 aliphatic heterocycles. The van der Waals surface area contributed by atoms with E-state index in [4.69, 9.17) is 5.73 Å². The number of nitrogens with zero attached hydrogens (tertiary/aromatic N) is 1. The smallest absolute Gasteiger partial charge is 0.243 e. The van der Waals surface area contributed by atoms with Gasteiger partial charge in [0.2, 0.25) is 47.3 Å². The maximum atomic E-state index is 14.8. The van der Waals surface area contributed by atoms with Crippen LogP contribution < -0.4 is 58.9 Å². The first-order valence-electron chi connectivity index (χ1n) is 28.5. The summed E-state index contributed by atoms with van der Waals surface area (Å²) in [5.74, 6) is -6.00. The number of aryl methyl sites for hydroxylation is 1. The van der Waals surface area contributed by atoms with E-state index in [1.807, 2.05) is 80.6 Å². The number of carbonyl (C=O) groups is 9. The molecule has 21 nitrogen and oxygen atoms in total. The predicted molar refractivity (Wildman–Crippen MR) is 316 cm³/mol. The van der Waals surface area contributed by atoms with E-state index >= 15 is 0 Å². The lowest BCUT2D eigenvalue weighted by atomic mass is 10.00. The summed E-state index contributed by atoms with van der Waals surface area (Å²) in [4.78, 5) is 132. The van der Waals surface area contributed by atoms with Gasteiger partial charge < -0.3 is 58.9 Å². The average Bonchev–Trinajstić information content (AvgIpc) is 3.63. The number of hydrogen-bond acceptors (Lipinski definition) is 11. The fourth-order valence-corrected chi connectivity index (χ4v) is 9.51. The van der Waals surface area contributed by atoms with Crippen molar-refractivity contribution in [2.45, 2.75) is 153 Å². The highest BCUT2D eigenvalue weighted by atomic mass is 16.2. The number of carbonyl (C=O) groups excluding carboxylic acids is 9. The number of rotatable bonds is 22. The van der Waals surface area contributed by atoms with Crippen LogP contribution in [0.3, 0.4) is 0 Å². The Morgan fingerprint density at radius 2 is 1.17 bits per heavy atom. The van der Waals surface area contributed by atoms with Crippen molar-refractivity contribution in [3.05, 3.63) is 119 Å². The number of ketones is 1. The first-order valence-corrected chi connectivity index (χ1v) is 28.5. The molecule has 0 saturated carbocycles. The third-order valence-electron chi connectivity index (χ3n) is 14.3. The van der Waals surface area contributed by atoms with Crippen LogP contribution in [0.4, 0.5) is 0 Å². The molecule has 8 amide bonds. The quantitative estimate of drug-likeness (QED) is 0.0307. The van der Waals surface area contributed by atoms with Crippen molar-refractivity contribution in [3.8, 4) is 0 Å². The molecule has 7 atom stereocenters. The van der Waals surface area contributed by atoms with Crippen LogP contribution in [0, 0.1) is 6.92 Å². The van der Waals surface area contributed by atoms with Gasteiger partial charge in [-0.3, -0.25) is 48.1 Å². The monoisotopic (exact) mass is 1130 g/mol. The molecule has 1 saturated heterocycles. The number of unbranched alkanes of at least 4 members (excludes halogenated alkanes) is 3. The molecular formula is C61H84N12O9. The molecule has 12 N–H and O–H groups in total. The van der Waals surface area contributed by atoms with Gasteiger partial charge >= 0.3 is 0 Å². The molecule has 0 bridgehead atoms. The number of hydrogen-bond donors (Lipinski definition) is 11. The molecule has 0 radical (unpaired) electrons. The fourth-order valence-electron chi connectivity index (χ4n) is 9.51. The van der Waals surface area contributed by atoms with E-state index in [2.05, 4.69) is 58.2 Å². The van der Waals surface area contributed by atoms with Gasteiger partial charge in [-0.25, -0.2) is 0 Å². The first kappa shape index (κ1) is 64.6. The second-order valence-electron chi connectivity index (χ2n) is 21.0. The first-order chi connectivity index (χ1) is 39.5. The second-order valence-corrected chi connectivity index (χ2v) is 21.0. The number of fused-ring (bicyclic) bond motifs is 1. The van der Waals surface area contributed by atoms with Crippen molar-refractivity contribution < 1.29 is 43.2 Å². The van der Waals surface area contributed by atoms with Crippen LogP contribution >= 0.6 is 0 Å². The Kier molecular flexibility index (Phi) is 26.9. The maximum Gasteiger partial charge on any atom is 0.243 e. The standard InChI is InChI=1S/C61H84N12O9/c1-6-7-9-22-47-56(78)70-48(23-16-33-65-61(62)64-5)57(79)72-50(37-43-28-29-44-19-12-13-20-45(44)34-43)55(77)66-38-54(76)67-49(58(80)69-46(40(3)74)21-14-15-32-63-4)30-31-53(75)68-51(35-41-17-10-8-11-18-41)59(81)73-52(60(82)71-47)36-42-26-24-39(2)25-27-42/h8,10-13,17-20,24-29,34,46-52,63H,6-7,9,14-16,21-23,30-33,35-38H2,1-5H3,(H,66,77)(H,67,76)(H,68,75)(H,69,80)(H,70,78)(H,71,82)(H,72,79)(H,73,81)(H3,62,64,65)/t46-,47-,48+,49+,50-,51-,52-/m0/s1. The van der Waals surface area contributed by atoms with Crippen molar-refractivity contribution in [2.24, 2.45) is 10.7 Å².